The maximum Gasteiger partial charge on any atom is 0.271 e. The Hall–Kier alpha value is -2.64. The van der Waals surface area contributed by atoms with E-state index in [1.807, 2.05) is 42.5 Å². The minimum atomic E-state index is -0.373. The molecule has 0 saturated carbocycles. The molecule has 0 amide bonds. The van der Waals surface area contributed by atoms with Crippen molar-refractivity contribution in [2.75, 3.05) is 14.2 Å². The molecule has 6 nitrogen and oxygen atoms in total. The van der Waals surface area contributed by atoms with Gasteiger partial charge in [-0.05, 0) is 111 Å². The van der Waals surface area contributed by atoms with Gasteiger partial charge in [-0.25, -0.2) is 4.99 Å². The number of phenols is 1. The van der Waals surface area contributed by atoms with Crippen molar-refractivity contribution in [2.45, 2.75) is 18.9 Å². The number of fused-ring (bicyclic) bond motifs is 3. The third kappa shape index (κ3) is 4.28. The Morgan fingerprint density at radius 1 is 1.05 bits per heavy atom. The van der Waals surface area contributed by atoms with Crippen LogP contribution in [-0.4, -0.2) is 23.9 Å². The Morgan fingerprint density at radius 2 is 1.82 bits per heavy atom. The first-order valence-electron chi connectivity index (χ1n) is 11.9. The van der Waals surface area contributed by atoms with Crippen molar-refractivity contribution in [3.63, 3.8) is 0 Å². The van der Waals surface area contributed by atoms with Crippen LogP contribution in [0.3, 0.4) is 0 Å². The Bertz CT molecular complexity index is 1800. The van der Waals surface area contributed by atoms with Gasteiger partial charge in [-0.3, -0.25) is 9.36 Å². The van der Waals surface area contributed by atoms with Gasteiger partial charge < -0.3 is 14.6 Å². The largest absolute Gasteiger partial charge is 0.506 e. The average Bonchev–Trinajstić information content (AvgIpc) is 3.24. The standard InChI is InChI=1S/C29H22I2N2O4S/c1-36-17-8-10-23(37-2)20(14-17)26-19-9-7-16-5-3-4-6-18(16)25(19)32-29-33(26)28(35)24(38-29)13-15-11-21(30)27(34)22(31)12-15/h3-6,8,10-14,26,34H,7,9H2,1-2H3/b24-13+. The molecule has 1 aliphatic heterocycles. The normalized spacial score (nSPS) is 16.4. The number of nitrogens with zero attached hydrogens (tertiary/aromatic N) is 2. The lowest BCUT2D eigenvalue weighted by Gasteiger charge is -2.31. The number of hydrogen-bond acceptors (Lipinski definition) is 6. The Balaban J connectivity index is 1.65. The van der Waals surface area contributed by atoms with Crippen LogP contribution in [0, 0.1) is 7.14 Å². The summed E-state index contributed by atoms with van der Waals surface area (Å²) in [5.74, 6) is 1.65. The van der Waals surface area contributed by atoms with Gasteiger partial charge in [0.05, 0.1) is 37.6 Å². The van der Waals surface area contributed by atoms with Gasteiger partial charge in [0.1, 0.15) is 17.2 Å². The number of ether oxygens (including phenoxy) is 2. The molecule has 6 rings (SSSR count). The first-order valence-corrected chi connectivity index (χ1v) is 14.9. The lowest BCUT2D eigenvalue weighted by atomic mass is 9.83. The number of phenolic OH excluding ortho intramolecular Hbond substituents is 1. The third-order valence-corrected chi connectivity index (χ3v) is 9.57. The summed E-state index contributed by atoms with van der Waals surface area (Å²) in [6.45, 7) is 0. The molecule has 0 bridgehead atoms. The van der Waals surface area contributed by atoms with E-state index in [2.05, 4.69) is 63.4 Å². The van der Waals surface area contributed by atoms with Crippen LogP contribution in [0.15, 0.2) is 70.0 Å². The molecule has 1 aromatic heterocycles. The lowest BCUT2D eigenvalue weighted by Crippen LogP contribution is -2.39. The van der Waals surface area contributed by atoms with Crippen molar-refractivity contribution < 1.29 is 14.6 Å². The molecule has 0 fully saturated rings. The van der Waals surface area contributed by atoms with E-state index in [4.69, 9.17) is 14.5 Å². The van der Waals surface area contributed by atoms with Crippen molar-refractivity contribution in [3.8, 4) is 17.2 Å². The highest BCUT2D eigenvalue weighted by atomic mass is 127. The van der Waals surface area contributed by atoms with Crippen LogP contribution >= 0.6 is 56.5 Å². The quantitative estimate of drug-likeness (QED) is 0.290. The molecule has 4 aromatic rings. The van der Waals surface area contributed by atoms with Crippen LogP contribution in [0.5, 0.6) is 17.2 Å². The summed E-state index contributed by atoms with van der Waals surface area (Å²) in [6, 6.07) is 17.5. The fourth-order valence-corrected chi connectivity index (χ4v) is 7.99. The second-order valence-corrected chi connectivity index (χ2v) is 12.4. The molecule has 1 N–H and O–H groups in total. The summed E-state index contributed by atoms with van der Waals surface area (Å²) in [5.41, 5.74) is 6.03. The van der Waals surface area contributed by atoms with Crippen LogP contribution in [0.2, 0.25) is 0 Å². The molecule has 192 valence electrons. The highest BCUT2D eigenvalue weighted by Gasteiger charge is 2.34. The predicted molar refractivity (Wildman–Crippen MR) is 166 cm³/mol. The number of aromatic hydroxyl groups is 1. The molecule has 1 atom stereocenters. The fourth-order valence-electron chi connectivity index (χ4n) is 5.17. The lowest BCUT2D eigenvalue weighted by molar-refractivity contribution is 0.392. The summed E-state index contributed by atoms with van der Waals surface area (Å²) in [5, 5.41) is 10.2. The van der Waals surface area contributed by atoms with Gasteiger partial charge in [0, 0.05) is 11.1 Å². The van der Waals surface area contributed by atoms with E-state index in [1.54, 1.807) is 18.8 Å². The zero-order valence-corrected chi connectivity index (χ0v) is 25.6. The number of allylic oxidation sites excluding steroid dienone is 1. The molecule has 9 heteroatoms. The number of halogens is 2. The van der Waals surface area contributed by atoms with E-state index in [1.165, 1.54) is 16.9 Å². The van der Waals surface area contributed by atoms with Crippen LogP contribution in [-0.2, 0) is 6.42 Å². The molecule has 38 heavy (non-hydrogen) atoms. The molecule has 0 spiro atoms. The maximum atomic E-state index is 14.0. The molecule has 2 aliphatic rings. The first-order chi connectivity index (χ1) is 18.4. The molecule has 3 aromatic carbocycles. The van der Waals surface area contributed by atoms with Gasteiger partial charge in [0.15, 0.2) is 4.80 Å². The van der Waals surface area contributed by atoms with E-state index in [9.17, 15) is 9.90 Å². The summed E-state index contributed by atoms with van der Waals surface area (Å²) in [6.07, 6.45) is 3.55. The minimum Gasteiger partial charge on any atom is -0.506 e. The molecular formula is C29H22I2N2O4S. The van der Waals surface area contributed by atoms with E-state index in [0.717, 1.165) is 47.9 Å². The summed E-state index contributed by atoms with van der Waals surface area (Å²) in [4.78, 5) is 19.8. The van der Waals surface area contributed by atoms with Crippen LogP contribution in [0.1, 0.15) is 34.7 Å². The highest BCUT2D eigenvalue weighted by molar-refractivity contribution is 14.1. The zero-order chi connectivity index (χ0) is 26.6. The van der Waals surface area contributed by atoms with Gasteiger partial charge in [-0.15, -0.1) is 0 Å². The summed E-state index contributed by atoms with van der Waals surface area (Å²) in [7, 11) is 3.29. The summed E-state index contributed by atoms with van der Waals surface area (Å²) < 4.78 is 15.2. The topological polar surface area (TPSA) is 73.1 Å². The van der Waals surface area contributed by atoms with Crippen LogP contribution in [0.25, 0.3) is 11.8 Å². The number of benzene rings is 3. The molecule has 1 aliphatic carbocycles. The van der Waals surface area contributed by atoms with Crippen molar-refractivity contribution in [1.82, 2.24) is 4.57 Å². The Labute approximate surface area is 250 Å². The zero-order valence-electron chi connectivity index (χ0n) is 20.5. The van der Waals surface area contributed by atoms with Gasteiger partial charge in [0.2, 0.25) is 0 Å². The fraction of sp³-hybridized carbons (Fsp3) is 0.172. The van der Waals surface area contributed by atoms with Gasteiger partial charge >= 0.3 is 0 Å². The van der Waals surface area contributed by atoms with Gasteiger partial charge in [-0.1, -0.05) is 35.6 Å². The second kappa shape index (κ2) is 10.2. The average molecular weight is 748 g/mol. The SMILES string of the molecule is COc1ccc(OC)c(C2C3=C(N=c4s/c(=C/c5cc(I)c(O)c(I)c5)c(=O)n42)c2ccccc2CC3)c1. The monoisotopic (exact) mass is 748 g/mol. The van der Waals surface area contributed by atoms with Crippen molar-refractivity contribution in [1.29, 1.82) is 0 Å². The van der Waals surface area contributed by atoms with E-state index in [-0.39, 0.29) is 17.4 Å². The van der Waals surface area contributed by atoms with E-state index in [0.29, 0.717) is 20.8 Å². The molecule has 2 heterocycles. The molecule has 0 saturated heterocycles. The minimum absolute atomic E-state index is 0.105. The molecular weight excluding hydrogens is 726 g/mol. The van der Waals surface area contributed by atoms with Crippen LogP contribution in [0.4, 0.5) is 0 Å². The number of aromatic nitrogens is 1. The Morgan fingerprint density at radius 3 is 2.55 bits per heavy atom. The van der Waals surface area contributed by atoms with Crippen molar-refractivity contribution in [3.05, 3.63) is 109 Å². The van der Waals surface area contributed by atoms with Gasteiger partial charge in [-0.2, -0.15) is 0 Å². The van der Waals surface area contributed by atoms with Crippen molar-refractivity contribution >= 4 is 68.3 Å². The predicted octanol–water partition coefficient (Wildman–Crippen LogP) is 5.25. The number of methoxy groups -OCH3 is 2. The number of rotatable bonds is 4. The maximum absolute atomic E-state index is 14.0. The number of hydrogen-bond donors (Lipinski definition) is 1. The van der Waals surface area contributed by atoms with E-state index >= 15 is 0 Å². The number of thiazole rings is 1. The highest BCUT2D eigenvalue weighted by Crippen LogP contribution is 2.44. The smallest absolute Gasteiger partial charge is 0.271 e. The summed E-state index contributed by atoms with van der Waals surface area (Å²) >= 11 is 5.59. The molecule has 1 unspecified atom stereocenters. The number of aryl methyl sites for hydroxylation is 1. The van der Waals surface area contributed by atoms with Crippen molar-refractivity contribution in [2.24, 2.45) is 4.99 Å². The first kappa shape index (κ1) is 25.6. The van der Waals surface area contributed by atoms with Crippen LogP contribution < -0.4 is 24.4 Å². The molecule has 0 radical (unpaired) electrons. The second-order valence-electron chi connectivity index (χ2n) is 9.05. The Kier molecular flexibility index (Phi) is 6.85. The van der Waals surface area contributed by atoms with E-state index < -0.39 is 0 Å². The third-order valence-electron chi connectivity index (χ3n) is 6.94. The van der Waals surface area contributed by atoms with Gasteiger partial charge in [0.25, 0.3) is 5.56 Å².